The topological polar surface area (TPSA) is 42.7 Å². The van der Waals surface area contributed by atoms with Crippen LogP contribution in [0.1, 0.15) is 65.1 Å². The van der Waals surface area contributed by atoms with Gasteiger partial charge in [-0.15, -0.1) is 0 Å². The third-order valence-electron chi connectivity index (χ3n) is 4.97. The van der Waals surface area contributed by atoms with E-state index in [4.69, 9.17) is 0 Å². The van der Waals surface area contributed by atoms with E-state index < -0.39 is 0 Å². The van der Waals surface area contributed by atoms with Crippen LogP contribution in [0, 0.1) is 11.8 Å². The minimum absolute atomic E-state index is 0.559. The molecule has 4 nitrogen and oxygen atoms in total. The predicted octanol–water partition coefficient (Wildman–Crippen LogP) is 3.43. The normalized spacial score (nSPS) is 24.1. The minimum atomic E-state index is 0.559. The van der Waals surface area contributed by atoms with E-state index in [1.165, 1.54) is 32.1 Å². The van der Waals surface area contributed by atoms with Gasteiger partial charge in [0.2, 0.25) is 0 Å². The number of hydrogen-bond donors (Lipinski definition) is 1. The highest BCUT2D eigenvalue weighted by Gasteiger charge is 2.28. The molecular formula is C17H32N4. The van der Waals surface area contributed by atoms with E-state index in [1.54, 1.807) is 6.33 Å². The Kier molecular flexibility index (Phi) is 6.68. The number of hydrogen-bond acceptors (Lipinski definition) is 3. The average Bonchev–Trinajstić information content (AvgIpc) is 2.94. The quantitative estimate of drug-likeness (QED) is 0.798. The molecule has 1 fully saturated rings. The second-order valence-corrected chi connectivity index (χ2v) is 6.47. The van der Waals surface area contributed by atoms with E-state index in [9.17, 15) is 0 Å². The summed E-state index contributed by atoms with van der Waals surface area (Å²) in [5.74, 6) is 2.88. The van der Waals surface area contributed by atoms with Gasteiger partial charge < -0.3 is 5.32 Å². The first-order valence-corrected chi connectivity index (χ1v) is 8.88. The van der Waals surface area contributed by atoms with Crippen LogP contribution >= 0.6 is 0 Å². The summed E-state index contributed by atoms with van der Waals surface area (Å²) in [6, 6.07) is 0.559. The summed E-state index contributed by atoms with van der Waals surface area (Å²) < 4.78 is 2.09. The summed E-state index contributed by atoms with van der Waals surface area (Å²) >= 11 is 0. The van der Waals surface area contributed by atoms with Crippen LogP contribution in [0.25, 0.3) is 0 Å². The lowest BCUT2D eigenvalue weighted by molar-refractivity contribution is 0.206. The van der Waals surface area contributed by atoms with E-state index in [1.807, 2.05) is 0 Å². The van der Waals surface area contributed by atoms with Crippen LogP contribution in [0.2, 0.25) is 0 Å². The Morgan fingerprint density at radius 3 is 2.90 bits per heavy atom. The SMILES string of the molecule is CCCn1ncnc1CC(NCC)C1CCCC(CC)C1. The lowest BCUT2D eigenvalue weighted by Gasteiger charge is -2.34. The maximum absolute atomic E-state index is 4.50. The van der Waals surface area contributed by atoms with Crippen LogP contribution < -0.4 is 5.32 Å². The van der Waals surface area contributed by atoms with Crippen molar-refractivity contribution in [1.29, 1.82) is 0 Å². The van der Waals surface area contributed by atoms with Gasteiger partial charge in [0.05, 0.1) is 0 Å². The van der Waals surface area contributed by atoms with Crippen molar-refractivity contribution in [2.45, 2.75) is 78.3 Å². The molecule has 1 N–H and O–H groups in total. The van der Waals surface area contributed by atoms with E-state index >= 15 is 0 Å². The number of rotatable bonds is 8. The monoisotopic (exact) mass is 292 g/mol. The Morgan fingerprint density at radius 2 is 2.19 bits per heavy atom. The van der Waals surface area contributed by atoms with E-state index in [0.29, 0.717) is 6.04 Å². The zero-order chi connectivity index (χ0) is 15.1. The van der Waals surface area contributed by atoms with Crippen molar-refractivity contribution in [2.75, 3.05) is 6.54 Å². The molecule has 1 heterocycles. The van der Waals surface area contributed by atoms with Gasteiger partial charge >= 0.3 is 0 Å². The Labute approximate surface area is 129 Å². The molecule has 0 spiro atoms. The molecular weight excluding hydrogens is 260 g/mol. The summed E-state index contributed by atoms with van der Waals surface area (Å²) in [6.07, 6.45) is 10.8. The summed E-state index contributed by atoms with van der Waals surface area (Å²) in [7, 11) is 0. The first kappa shape index (κ1) is 16.5. The molecule has 0 amide bonds. The highest BCUT2D eigenvalue weighted by atomic mass is 15.3. The lowest BCUT2D eigenvalue weighted by Crippen LogP contribution is -2.40. The van der Waals surface area contributed by atoms with Gasteiger partial charge in [0.25, 0.3) is 0 Å². The van der Waals surface area contributed by atoms with Crippen molar-refractivity contribution in [3.63, 3.8) is 0 Å². The Morgan fingerprint density at radius 1 is 1.33 bits per heavy atom. The molecule has 1 aliphatic rings. The number of aryl methyl sites for hydroxylation is 1. The maximum Gasteiger partial charge on any atom is 0.138 e. The van der Waals surface area contributed by atoms with Crippen molar-refractivity contribution in [2.24, 2.45) is 11.8 Å². The smallest absolute Gasteiger partial charge is 0.138 e. The van der Waals surface area contributed by atoms with Crippen molar-refractivity contribution in [1.82, 2.24) is 20.1 Å². The molecule has 0 aliphatic heterocycles. The van der Waals surface area contributed by atoms with Crippen molar-refractivity contribution in [3.8, 4) is 0 Å². The molecule has 1 aromatic rings. The third kappa shape index (κ3) is 4.53. The van der Waals surface area contributed by atoms with Gasteiger partial charge in [-0.3, -0.25) is 4.68 Å². The molecule has 21 heavy (non-hydrogen) atoms. The first-order chi connectivity index (χ1) is 10.3. The molecule has 3 unspecified atom stereocenters. The Bertz CT molecular complexity index is 401. The second kappa shape index (κ2) is 8.52. The lowest BCUT2D eigenvalue weighted by atomic mass is 9.76. The fraction of sp³-hybridized carbons (Fsp3) is 0.882. The number of likely N-dealkylation sites (N-methyl/N-ethyl adjacent to an activating group) is 1. The van der Waals surface area contributed by atoms with Gasteiger partial charge in [0.1, 0.15) is 12.2 Å². The van der Waals surface area contributed by atoms with Crippen LogP contribution in [0.4, 0.5) is 0 Å². The van der Waals surface area contributed by atoms with Gasteiger partial charge in [0.15, 0.2) is 0 Å². The van der Waals surface area contributed by atoms with E-state index in [-0.39, 0.29) is 0 Å². The minimum Gasteiger partial charge on any atom is -0.314 e. The van der Waals surface area contributed by atoms with Gasteiger partial charge in [-0.25, -0.2) is 4.98 Å². The standard InChI is InChI=1S/C17H32N4/c1-4-10-21-17(19-13-20-21)12-16(18-6-3)15-9-7-8-14(5-2)11-15/h13-16,18H,4-12H2,1-3H3. The van der Waals surface area contributed by atoms with Crippen molar-refractivity contribution in [3.05, 3.63) is 12.2 Å². The third-order valence-corrected chi connectivity index (χ3v) is 4.97. The largest absolute Gasteiger partial charge is 0.314 e. The Hall–Kier alpha value is -0.900. The van der Waals surface area contributed by atoms with Gasteiger partial charge in [-0.05, 0) is 37.6 Å². The van der Waals surface area contributed by atoms with Crippen molar-refractivity contribution >= 4 is 0 Å². The molecule has 1 saturated carbocycles. The number of aromatic nitrogens is 3. The molecule has 1 aliphatic carbocycles. The summed E-state index contributed by atoms with van der Waals surface area (Å²) in [4.78, 5) is 4.50. The molecule has 120 valence electrons. The van der Waals surface area contributed by atoms with Gasteiger partial charge in [-0.2, -0.15) is 5.10 Å². The molecule has 3 atom stereocenters. The molecule has 0 bridgehead atoms. The molecule has 0 saturated heterocycles. The summed E-state index contributed by atoms with van der Waals surface area (Å²) in [5, 5.41) is 8.10. The highest BCUT2D eigenvalue weighted by Crippen LogP contribution is 2.33. The Balaban J connectivity index is 2.02. The predicted molar refractivity (Wildman–Crippen MR) is 87.2 cm³/mol. The van der Waals surface area contributed by atoms with Crippen molar-refractivity contribution < 1.29 is 0 Å². The number of nitrogens with one attached hydrogen (secondary N) is 1. The van der Waals surface area contributed by atoms with Crippen LogP contribution in [-0.2, 0) is 13.0 Å². The van der Waals surface area contributed by atoms with Crippen LogP contribution in [-0.4, -0.2) is 27.4 Å². The molecule has 0 aromatic carbocycles. The zero-order valence-corrected chi connectivity index (χ0v) is 14.0. The van der Waals surface area contributed by atoms with Gasteiger partial charge in [0, 0.05) is 19.0 Å². The van der Waals surface area contributed by atoms with Crippen LogP contribution in [0.3, 0.4) is 0 Å². The number of nitrogens with zero attached hydrogens (tertiary/aromatic N) is 3. The van der Waals surface area contributed by atoms with Crippen LogP contribution in [0.15, 0.2) is 6.33 Å². The fourth-order valence-electron chi connectivity index (χ4n) is 3.78. The fourth-order valence-corrected chi connectivity index (χ4v) is 3.78. The van der Waals surface area contributed by atoms with E-state index in [2.05, 4.69) is 40.9 Å². The van der Waals surface area contributed by atoms with Gasteiger partial charge in [-0.1, -0.05) is 40.0 Å². The highest BCUT2D eigenvalue weighted by molar-refractivity contribution is 4.93. The average molecular weight is 292 g/mol. The summed E-state index contributed by atoms with van der Waals surface area (Å²) in [6.45, 7) is 8.77. The molecule has 1 aromatic heterocycles. The zero-order valence-electron chi connectivity index (χ0n) is 14.0. The second-order valence-electron chi connectivity index (χ2n) is 6.47. The first-order valence-electron chi connectivity index (χ1n) is 8.88. The van der Waals surface area contributed by atoms with E-state index in [0.717, 1.165) is 43.6 Å². The molecule has 4 heteroatoms. The van der Waals surface area contributed by atoms with Crippen LogP contribution in [0.5, 0.6) is 0 Å². The molecule has 2 rings (SSSR count). The molecule has 0 radical (unpaired) electrons. The summed E-state index contributed by atoms with van der Waals surface area (Å²) in [5.41, 5.74) is 0. The maximum atomic E-state index is 4.50.